The van der Waals surface area contributed by atoms with Crippen molar-refractivity contribution in [3.63, 3.8) is 0 Å². The Labute approximate surface area is 190 Å². The predicted octanol–water partition coefficient (Wildman–Crippen LogP) is 3.91. The van der Waals surface area contributed by atoms with Gasteiger partial charge < -0.3 is 19.7 Å². The van der Waals surface area contributed by atoms with E-state index in [9.17, 15) is 9.59 Å². The van der Waals surface area contributed by atoms with Crippen molar-refractivity contribution in [1.29, 1.82) is 0 Å². The van der Waals surface area contributed by atoms with Crippen LogP contribution in [0.15, 0.2) is 71.4 Å². The van der Waals surface area contributed by atoms with Gasteiger partial charge in [-0.2, -0.15) is 0 Å². The number of fused-ring (bicyclic) bond motifs is 1. The molecule has 2 amide bonds. The van der Waals surface area contributed by atoms with Crippen LogP contribution in [-0.4, -0.2) is 33.1 Å². The number of imidazole rings is 1. The molecule has 8 nitrogen and oxygen atoms in total. The van der Waals surface area contributed by atoms with Gasteiger partial charge in [-0.05, 0) is 25.0 Å². The molecule has 33 heavy (non-hydrogen) atoms. The Balaban J connectivity index is 1.15. The van der Waals surface area contributed by atoms with E-state index in [-0.39, 0.29) is 18.1 Å². The lowest BCUT2D eigenvalue weighted by atomic mass is 10.1. The van der Waals surface area contributed by atoms with Crippen LogP contribution in [0.1, 0.15) is 29.2 Å². The molecule has 1 aliphatic heterocycles. The van der Waals surface area contributed by atoms with Gasteiger partial charge in [-0.3, -0.25) is 9.59 Å². The highest BCUT2D eigenvalue weighted by Gasteiger charge is 2.15. The largest absolute Gasteiger partial charge is 0.355 e. The van der Waals surface area contributed by atoms with E-state index >= 15 is 0 Å². The van der Waals surface area contributed by atoms with E-state index in [4.69, 9.17) is 9.51 Å². The van der Waals surface area contributed by atoms with Crippen molar-refractivity contribution >= 4 is 17.5 Å². The van der Waals surface area contributed by atoms with Crippen molar-refractivity contribution in [2.24, 2.45) is 0 Å². The molecule has 3 heterocycles. The van der Waals surface area contributed by atoms with Crippen LogP contribution in [0.3, 0.4) is 0 Å². The van der Waals surface area contributed by atoms with Crippen LogP contribution >= 0.6 is 0 Å². The number of aryl methyl sites for hydroxylation is 2. The summed E-state index contributed by atoms with van der Waals surface area (Å²) in [5, 5.41) is 9.14. The summed E-state index contributed by atoms with van der Waals surface area (Å²) in [6.07, 6.45) is 5.48. The molecule has 2 N–H and O–H groups in total. The summed E-state index contributed by atoms with van der Waals surface area (Å²) < 4.78 is 7.45. The summed E-state index contributed by atoms with van der Waals surface area (Å²) in [6.45, 7) is 0.839. The number of hydrogen-bond donors (Lipinski definition) is 2. The summed E-state index contributed by atoms with van der Waals surface area (Å²) in [4.78, 5) is 29.3. The van der Waals surface area contributed by atoms with Gasteiger partial charge in [0, 0.05) is 42.0 Å². The lowest BCUT2D eigenvalue weighted by Gasteiger charge is -2.11. The molecule has 0 unspecified atom stereocenters. The third-order valence-electron chi connectivity index (χ3n) is 5.58. The first-order chi connectivity index (χ1) is 16.2. The predicted molar refractivity (Wildman–Crippen MR) is 124 cm³/mol. The molecule has 2 aromatic carbocycles. The Hall–Kier alpha value is -4.20. The molecule has 1 aliphatic rings. The standard InChI is InChI=1S/C25H23N5O3/c31-24(15-26-25(32)20-14-22(33-29-20)18-6-2-1-3-7-18)27-19-11-9-17(10-12-19)21-16-30-13-5-4-8-23(30)28-21/h1-3,6-7,9-12,14,16H,4-5,8,13,15H2,(H,26,32)(H,27,31). The Morgan fingerprint density at radius 3 is 2.61 bits per heavy atom. The Morgan fingerprint density at radius 2 is 1.82 bits per heavy atom. The average Bonchev–Trinajstić information content (AvgIpc) is 3.51. The van der Waals surface area contributed by atoms with Crippen LogP contribution in [0.2, 0.25) is 0 Å². The van der Waals surface area contributed by atoms with Gasteiger partial charge >= 0.3 is 0 Å². The summed E-state index contributed by atoms with van der Waals surface area (Å²) in [5.74, 6) is 0.812. The molecule has 8 heteroatoms. The van der Waals surface area contributed by atoms with Gasteiger partial charge in [0.25, 0.3) is 5.91 Å². The number of hydrogen-bond acceptors (Lipinski definition) is 5. The molecule has 0 atom stereocenters. The topological polar surface area (TPSA) is 102 Å². The van der Waals surface area contributed by atoms with Crippen molar-refractivity contribution in [3.05, 3.63) is 78.4 Å². The number of anilines is 1. The lowest BCUT2D eigenvalue weighted by molar-refractivity contribution is -0.115. The maximum atomic E-state index is 12.3. The molecular formula is C25H23N5O3. The maximum Gasteiger partial charge on any atom is 0.273 e. The first-order valence-corrected chi connectivity index (χ1v) is 10.9. The summed E-state index contributed by atoms with van der Waals surface area (Å²) in [7, 11) is 0. The molecule has 4 aromatic rings. The van der Waals surface area contributed by atoms with E-state index in [1.807, 2.05) is 54.6 Å². The van der Waals surface area contributed by atoms with Crippen molar-refractivity contribution in [1.82, 2.24) is 20.0 Å². The van der Waals surface area contributed by atoms with Crippen LogP contribution in [0.4, 0.5) is 5.69 Å². The molecular weight excluding hydrogens is 418 g/mol. The number of rotatable bonds is 6. The minimum absolute atomic E-state index is 0.119. The van der Waals surface area contributed by atoms with Crippen LogP contribution in [0, 0.1) is 0 Å². The van der Waals surface area contributed by atoms with E-state index in [1.54, 1.807) is 6.07 Å². The fraction of sp³-hybridized carbons (Fsp3) is 0.200. The molecule has 0 saturated carbocycles. The van der Waals surface area contributed by atoms with Gasteiger partial charge in [0.15, 0.2) is 11.5 Å². The molecule has 166 valence electrons. The van der Waals surface area contributed by atoms with Gasteiger partial charge in [-0.25, -0.2) is 4.98 Å². The smallest absolute Gasteiger partial charge is 0.273 e. The molecule has 2 aromatic heterocycles. The third kappa shape index (κ3) is 4.69. The molecule has 0 saturated heterocycles. The van der Waals surface area contributed by atoms with Crippen molar-refractivity contribution in [2.75, 3.05) is 11.9 Å². The summed E-state index contributed by atoms with van der Waals surface area (Å²) in [6, 6.07) is 18.4. The number of amides is 2. The maximum absolute atomic E-state index is 12.3. The number of benzene rings is 2. The number of nitrogens with one attached hydrogen (secondary N) is 2. The third-order valence-corrected chi connectivity index (χ3v) is 5.58. The van der Waals surface area contributed by atoms with E-state index in [0.29, 0.717) is 11.4 Å². The second-order valence-electron chi connectivity index (χ2n) is 7.94. The Morgan fingerprint density at radius 1 is 1.00 bits per heavy atom. The minimum atomic E-state index is -0.477. The molecule has 0 bridgehead atoms. The van der Waals surface area contributed by atoms with Crippen LogP contribution < -0.4 is 10.6 Å². The van der Waals surface area contributed by atoms with E-state index in [2.05, 4.69) is 26.6 Å². The first kappa shape index (κ1) is 20.7. The summed E-state index contributed by atoms with van der Waals surface area (Å²) >= 11 is 0. The average molecular weight is 441 g/mol. The minimum Gasteiger partial charge on any atom is -0.355 e. The van der Waals surface area contributed by atoms with Crippen molar-refractivity contribution < 1.29 is 14.1 Å². The molecule has 0 radical (unpaired) electrons. The van der Waals surface area contributed by atoms with E-state index < -0.39 is 5.91 Å². The quantitative estimate of drug-likeness (QED) is 0.472. The first-order valence-electron chi connectivity index (χ1n) is 10.9. The number of aromatic nitrogens is 3. The highest BCUT2D eigenvalue weighted by molar-refractivity contribution is 5.98. The highest BCUT2D eigenvalue weighted by Crippen LogP contribution is 2.24. The zero-order chi connectivity index (χ0) is 22.6. The van der Waals surface area contributed by atoms with Crippen LogP contribution in [0.25, 0.3) is 22.6 Å². The van der Waals surface area contributed by atoms with E-state index in [1.165, 1.54) is 12.8 Å². The monoisotopic (exact) mass is 441 g/mol. The van der Waals surface area contributed by atoms with Gasteiger partial charge in [0.05, 0.1) is 12.2 Å². The Bertz CT molecular complexity index is 1250. The molecule has 0 fully saturated rings. The van der Waals surface area contributed by atoms with Gasteiger partial charge in [0.1, 0.15) is 5.82 Å². The van der Waals surface area contributed by atoms with Crippen LogP contribution in [-0.2, 0) is 17.8 Å². The second kappa shape index (κ2) is 9.12. The molecule has 0 aliphatic carbocycles. The van der Waals surface area contributed by atoms with Crippen molar-refractivity contribution in [2.45, 2.75) is 25.8 Å². The second-order valence-corrected chi connectivity index (χ2v) is 7.94. The van der Waals surface area contributed by atoms with Crippen LogP contribution in [0.5, 0.6) is 0 Å². The van der Waals surface area contributed by atoms with E-state index in [0.717, 1.165) is 35.6 Å². The molecule has 5 rings (SSSR count). The normalized spacial score (nSPS) is 12.7. The fourth-order valence-corrected chi connectivity index (χ4v) is 3.85. The number of carbonyl (C=O) groups is 2. The molecule has 0 spiro atoms. The van der Waals surface area contributed by atoms with Gasteiger partial charge in [-0.15, -0.1) is 0 Å². The van der Waals surface area contributed by atoms with Gasteiger partial charge in [-0.1, -0.05) is 47.6 Å². The highest BCUT2D eigenvalue weighted by atomic mass is 16.5. The number of nitrogens with zero attached hydrogens (tertiary/aromatic N) is 3. The Kier molecular flexibility index (Phi) is 5.72. The van der Waals surface area contributed by atoms with Gasteiger partial charge in [0.2, 0.25) is 5.91 Å². The lowest BCUT2D eigenvalue weighted by Crippen LogP contribution is -2.33. The SMILES string of the molecule is O=C(CNC(=O)c1cc(-c2ccccc2)on1)Nc1ccc(-c2cn3c(n2)CCCC3)cc1. The summed E-state index contributed by atoms with van der Waals surface area (Å²) in [5.41, 5.74) is 3.53. The zero-order valence-electron chi connectivity index (χ0n) is 18.0. The zero-order valence-corrected chi connectivity index (χ0v) is 18.0. The fourth-order valence-electron chi connectivity index (χ4n) is 3.85. The number of carbonyl (C=O) groups excluding carboxylic acids is 2. The van der Waals surface area contributed by atoms with Crippen molar-refractivity contribution in [3.8, 4) is 22.6 Å².